The first-order valence-corrected chi connectivity index (χ1v) is 10.5. The largest absolute Gasteiger partial charge is 0.478 e. The molecule has 3 heterocycles. The van der Waals surface area contributed by atoms with Crippen LogP contribution < -0.4 is 9.47 Å². The normalized spacial score (nSPS) is 15.3. The summed E-state index contributed by atoms with van der Waals surface area (Å²) in [5, 5.41) is 0. The third-order valence-corrected chi connectivity index (χ3v) is 5.52. The third-order valence-electron chi connectivity index (χ3n) is 5.52. The summed E-state index contributed by atoms with van der Waals surface area (Å²) in [5.74, 6) is 1.18. The topological polar surface area (TPSA) is 69.5 Å². The van der Waals surface area contributed by atoms with Gasteiger partial charge in [-0.05, 0) is 50.8 Å². The smallest absolute Gasteiger partial charge is 0.291 e. The van der Waals surface area contributed by atoms with Gasteiger partial charge in [0.15, 0.2) is 11.6 Å². The van der Waals surface area contributed by atoms with Crippen LogP contribution >= 0.6 is 0 Å². The van der Waals surface area contributed by atoms with Crippen LogP contribution in [0.2, 0.25) is 0 Å². The second kappa shape index (κ2) is 7.68. The first kappa shape index (κ1) is 19.5. The molecule has 2 aliphatic rings. The van der Waals surface area contributed by atoms with Gasteiger partial charge in [-0.1, -0.05) is 6.07 Å². The molecule has 0 saturated heterocycles. The van der Waals surface area contributed by atoms with Gasteiger partial charge in [0.05, 0.1) is 24.7 Å². The summed E-state index contributed by atoms with van der Waals surface area (Å²) in [6.45, 7) is 5.39. The number of ether oxygens (including phenoxy) is 2. The summed E-state index contributed by atoms with van der Waals surface area (Å²) in [4.78, 5) is 23.2. The van der Waals surface area contributed by atoms with Gasteiger partial charge in [0, 0.05) is 24.2 Å². The molecular formula is C23H23FN4O3. The van der Waals surface area contributed by atoms with Crippen LogP contribution in [0.15, 0.2) is 36.4 Å². The molecule has 1 amide bonds. The quantitative estimate of drug-likeness (QED) is 0.564. The van der Waals surface area contributed by atoms with Gasteiger partial charge in [-0.25, -0.2) is 9.37 Å². The molecule has 31 heavy (non-hydrogen) atoms. The van der Waals surface area contributed by atoms with Crippen molar-refractivity contribution >= 4 is 5.91 Å². The van der Waals surface area contributed by atoms with Gasteiger partial charge < -0.3 is 18.9 Å². The Kier molecular flexibility index (Phi) is 4.84. The van der Waals surface area contributed by atoms with Gasteiger partial charge in [-0.3, -0.25) is 4.79 Å². The molecule has 0 radical (unpaired) electrons. The van der Waals surface area contributed by atoms with Gasteiger partial charge >= 0.3 is 0 Å². The number of benzene rings is 1. The number of amides is 1. The van der Waals surface area contributed by atoms with Crippen LogP contribution in [0.3, 0.4) is 0 Å². The third kappa shape index (κ3) is 3.73. The Labute approximate surface area is 179 Å². The lowest BCUT2D eigenvalue weighted by molar-refractivity contribution is 0.0758. The predicted octanol–water partition coefficient (Wildman–Crippen LogP) is 4.41. The number of imidazole rings is 1. The van der Waals surface area contributed by atoms with Crippen molar-refractivity contribution in [2.45, 2.75) is 33.4 Å². The van der Waals surface area contributed by atoms with Crippen LogP contribution in [0.1, 0.15) is 36.1 Å². The maximum Gasteiger partial charge on any atom is 0.291 e. The minimum atomic E-state index is -0.518. The van der Waals surface area contributed by atoms with Crippen molar-refractivity contribution in [2.24, 2.45) is 5.92 Å². The van der Waals surface area contributed by atoms with Crippen LogP contribution in [-0.2, 0) is 6.67 Å². The van der Waals surface area contributed by atoms with Crippen molar-refractivity contribution in [3.8, 4) is 28.8 Å². The average molecular weight is 422 g/mol. The second-order valence-electron chi connectivity index (χ2n) is 7.90. The van der Waals surface area contributed by atoms with Crippen LogP contribution in [0.4, 0.5) is 4.39 Å². The molecule has 0 bridgehead atoms. The first-order chi connectivity index (χ1) is 15.0. The molecule has 1 aromatic carbocycles. The number of rotatable bonds is 7. The van der Waals surface area contributed by atoms with E-state index in [2.05, 4.69) is 9.97 Å². The summed E-state index contributed by atoms with van der Waals surface area (Å²) in [7, 11) is 0. The molecule has 1 fully saturated rings. The fourth-order valence-electron chi connectivity index (χ4n) is 3.89. The standard InChI is InChI=1S/C23H23FN4O3/c1-3-30-19-5-4-6-20(26-19)31-18-10-9-16(11-17(18)24)21-14(2)25-22-23(29)27(13-28(21)22)12-15-7-8-15/h4-6,9-11,15H,3,7-8,12-13H2,1-2H3. The van der Waals surface area contributed by atoms with E-state index >= 15 is 0 Å². The molecule has 8 heteroatoms. The van der Waals surface area contributed by atoms with E-state index in [0.29, 0.717) is 42.2 Å². The molecule has 0 unspecified atom stereocenters. The predicted molar refractivity (Wildman–Crippen MR) is 112 cm³/mol. The van der Waals surface area contributed by atoms with Gasteiger partial charge in [0.2, 0.25) is 17.6 Å². The number of halogens is 1. The molecule has 2 aromatic heterocycles. The summed E-state index contributed by atoms with van der Waals surface area (Å²) >= 11 is 0. The van der Waals surface area contributed by atoms with Gasteiger partial charge in [-0.2, -0.15) is 4.98 Å². The van der Waals surface area contributed by atoms with Crippen molar-refractivity contribution in [2.75, 3.05) is 13.2 Å². The Morgan fingerprint density at radius 1 is 1.16 bits per heavy atom. The molecule has 0 N–H and O–H groups in total. The van der Waals surface area contributed by atoms with Crippen LogP contribution in [0.5, 0.6) is 17.5 Å². The van der Waals surface area contributed by atoms with Crippen molar-refractivity contribution < 1.29 is 18.7 Å². The summed E-state index contributed by atoms with van der Waals surface area (Å²) in [5.41, 5.74) is 2.11. The molecule has 1 aliphatic carbocycles. The Bertz CT molecular complexity index is 1160. The minimum absolute atomic E-state index is 0.0538. The van der Waals surface area contributed by atoms with Gasteiger partial charge in [0.25, 0.3) is 5.91 Å². The van der Waals surface area contributed by atoms with Crippen LogP contribution in [0.25, 0.3) is 11.3 Å². The zero-order valence-corrected chi connectivity index (χ0v) is 17.5. The van der Waals surface area contributed by atoms with E-state index in [1.54, 1.807) is 30.3 Å². The van der Waals surface area contributed by atoms with Gasteiger partial charge in [0.1, 0.15) is 0 Å². The summed E-state index contributed by atoms with van der Waals surface area (Å²) < 4.78 is 27.8. The highest BCUT2D eigenvalue weighted by Crippen LogP contribution is 2.35. The first-order valence-electron chi connectivity index (χ1n) is 10.5. The number of hydrogen-bond donors (Lipinski definition) is 0. The number of aromatic nitrogens is 3. The van der Waals surface area contributed by atoms with Crippen molar-refractivity contribution in [1.82, 2.24) is 19.4 Å². The minimum Gasteiger partial charge on any atom is -0.478 e. The maximum atomic E-state index is 14.9. The van der Waals surface area contributed by atoms with E-state index in [1.165, 1.54) is 18.9 Å². The average Bonchev–Trinajstić information content (AvgIpc) is 3.44. The molecule has 3 aromatic rings. The molecule has 0 spiro atoms. The van der Waals surface area contributed by atoms with Crippen molar-refractivity contribution in [1.29, 1.82) is 0 Å². The molecule has 7 nitrogen and oxygen atoms in total. The lowest BCUT2D eigenvalue weighted by Crippen LogP contribution is -2.27. The van der Waals surface area contributed by atoms with Crippen molar-refractivity contribution in [3.05, 3.63) is 53.7 Å². The molecule has 1 saturated carbocycles. The Morgan fingerprint density at radius 2 is 1.97 bits per heavy atom. The number of pyridine rings is 1. The number of hydrogen-bond acceptors (Lipinski definition) is 5. The molecule has 0 atom stereocenters. The SMILES string of the molecule is CCOc1cccc(Oc2ccc(-c3c(C)nc4n3CN(CC3CC3)C4=O)cc2F)n1. The van der Waals surface area contributed by atoms with Crippen molar-refractivity contribution in [3.63, 3.8) is 0 Å². The van der Waals surface area contributed by atoms with Gasteiger partial charge in [-0.15, -0.1) is 0 Å². The maximum absolute atomic E-state index is 14.9. The Hall–Kier alpha value is -3.42. The Morgan fingerprint density at radius 3 is 2.71 bits per heavy atom. The van der Waals surface area contributed by atoms with Crippen LogP contribution in [-0.4, -0.2) is 38.5 Å². The molecule has 160 valence electrons. The summed E-state index contributed by atoms with van der Waals surface area (Å²) in [6.07, 6.45) is 2.35. The van der Waals surface area contributed by atoms with E-state index in [-0.39, 0.29) is 17.5 Å². The monoisotopic (exact) mass is 422 g/mol. The number of nitrogens with zero attached hydrogens (tertiary/aromatic N) is 4. The fraction of sp³-hybridized carbons (Fsp3) is 0.348. The lowest BCUT2D eigenvalue weighted by Gasteiger charge is -2.16. The number of aryl methyl sites for hydroxylation is 1. The molecule has 5 rings (SSSR count). The second-order valence-corrected chi connectivity index (χ2v) is 7.90. The highest BCUT2D eigenvalue weighted by atomic mass is 19.1. The number of carbonyl (C=O) groups is 1. The molecular weight excluding hydrogens is 399 g/mol. The molecule has 1 aliphatic heterocycles. The fourth-order valence-corrected chi connectivity index (χ4v) is 3.89. The lowest BCUT2D eigenvalue weighted by atomic mass is 10.1. The number of fused-ring (bicyclic) bond motifs is 1. The highest BCUT2D eigenvalue weighted by Gasteiger charge is 2.36. The zero-order valence-electron chi connectivity index (χ0n) is 17.5. The van der Waals surface area contributed by atoms with E-state index in [0.717, 1.165) is 12.2 Å². The number of carbonyl (C=O) groups excluding carboxylic acids is 1. The van der Waals surface area contributed by atoms with E-state index in [9.17, 15) is 9.18 Å². The summed E-state index contributed by atoms with van der Waals surface area (Å²) in [6, 6.07) is 9.85. The zero-order chi connectivity index (χ0) is 21.5. The van der Waals surface area contributed by atoms with E-state index in [1.807, 2.05) is 23.3 Å². The van der Waals surface area contributed by atoms with E-state index < -0.39 is 5.82 Å². The van der Waals surface area contributed by atoms with Crippen LogP contribution in [0, 0.1) is 18.7 Å². The highest BCUT2D eigenvalue weighted by molar-refractivity contribution is 5.94. The Balaban J connectivity index is 1.40. The van der Waals surface area contributed by atoms with E-state index in [4.69, 9.17) is 9.47 Å².